The molecular formula is C15H17N3OS. The second-order valence-electron chi connectivity index (χ2n) is 4.78. The third-order valence-corrected chi connectivity index (χ3v) is 4.17. The monoisotopic (exact) mass is 287 g/mol. The molecule has 1 atom stereocenters. The average molecular weight is 287 g/mol. The van der Waals surface area contributed by atoms with Crippen molar-refractivity contribution in [3.8, 4) is 6.07 Å². The molecule has 2 rings (SSSR count). The molecule has 20 heavy (non-hydrogen) atoms. The topological polar surface area (TPSA) is 60.2 Å². The Bertz CT molecular complexity index is 643. The van der Waals surface area contributed by atoms with Gasteiger partial charge in [0.25, 0.3) is 0 Å². The number of nitrogens with zero attached hydrogens (tertiary/aromatic N) is 3. The first kappa shape index (κ1) is 14.5. The molecule has 4 nitrogen and oxygen atoms in total. The second-order valence-corrected chi connectivity index (χ2v) is 5.72. The maximum Gasteiger partial charge on any atom is 0.0992 e. The molecule has 0 aliphatic carbocycles. The molecular weight excluding hydrogens is 270 g/mol. The Balaban J connectivity index is 2.35. The van der Waals surface area contributed by atoms with Crippen molar-refractivity contribution in [1.82, 2.24) is 4.98 Å². The van der Waals surface area contributed by atoms with Crippen molar-refractivity contribution < 1.29 is 5.11 Å². The highest BCUT2D eigenvalue weighted by Crippen LogP contribution is 2.28. The van der Waals surface area contributed by atoms with Gasteiger partial charge in [-0.05, 0) is 26.0 Å². The fraction of sp³-hybridized carbons (Fsp3) is 0.333. The van der Waals surface area contributed by atoms with E-state index in [9.17, 15) is 5.11 Å². The zero-order chi connectivity index (χ0) is 14.7. The van der Waals surface area contributed by atoms with Crippen molar-refractivity contribution in [2.24, 2.45) is 0 Å². The highest BCUT2D eigenvalue weighted by molar-refractivity contribution is 7.09. The molecule has 104 valence electrons. The smallest absolute Gasteiger partial charge is 0.0992 e. The molecule has 0 saturated carbocycles. The van der Waals surface area contributed by atoms with E-state index in [0.717, 1.165) is 16.9 Å². The van der Waals surface area contributed by atoms with Gasteiger partial charge in [0.1, 0.15) is 0 Å². The highest BCUT2D eigenvalue weighted by atomic mass is 32.1. The molecule has 1 N–H and O–H groups in total. The van der Waals surface area contributed by atoms with E-state index in [1.54, 1.807) is 24.3 Å². The lowest BCUT2D eigenvalue weighted by molar-refractivity contribution is 0.199. The van der Waals surface area contributed by atoms with Crippen molar-refractivity contribution >= 4 is 17.0 Å². The van der Waals surface area contributed by atoms with Crippen LogP contribution in [0.5, 0.6) is 0 Å². The summed E-state index contributed by atoms with van der Waals surface area (Å²) < 4.78 is 0. The van der Waals surface area contributed by atoms with Crippen LogP contribution in [-0.4, -0.2) is 17.1 Å². The normalized spacial score (nSPS) is 11.9. The lowest BCUT2D eigenvalue weighted by Gasteiger charge is -2.23. The SMILES string of the molecule is Cc1ncsc1CN(C)c1cc(C#N)ccc1[C@@H](C)O. The number of aryl methyl sites for hydroxylation is 1. The Morgan fingerprint density at radius 1 is 1.50 bits per heavy atom. The maximum absolute atomic E-state index is 9.88. The van der Waals surface area contributed by atoms with Crippen LogP contribution in [0.4, 0.5) is 5.69 Å². The van der Waals surface area contributed by atoms with Crippen molar-refractivity contribution in [3.63, 3.8) is 0 Å². The molecule has 0 aliphatic heterocycles. The van der Waals surface area contributed by atoms with Gasteiger partial charge in [-0.1, -0.05) is 6.07 Å². The van der Waals surface area contributed by atoms with Gasteiger partial charge in [0, 0.05) is 23.2 Å². The molecule has 1 heterocycles. The molecule has 0 spiro atoms. The Labute approximate surface area is 122 Å². The summed E-state index contributed by atoms with van der Waals surface area (Å²) in [5.74, 6) is 0. The predicted octanol–water partition coefficient (Wildman–Crippen LogP) is 3.01. The van der Waals surface area contributed by atoms with E-state index in [1.165, 1.54) is 4.88 Å². The quantitative estimate of drug-likeness (QED) is 0.939. The minimum atomic E-state index is -0.567. The van der Waals surface area contributed by atoms with Gasteiger partial charge in [-0.2, -0.15) is 5.26 Å². The zero-order valence-electron chi connectivity index (χ0n) is 11.8. The maximum atomic E-state index is 9.88. The van der Waals surface area contributed by atoms with Crippen LogP contribution in [-0.2, 0) is 6.54 Å². The highest BCUT2D eigenvalue weighted by Gasteiger charge is 2.14. The fourth-order valence-corrected chi connectivity index (χ4v) is 2.91. The first-order chi connectivity index (χ1) is 9.52. The largest absolute Gasteiger partial charge is 0.389 e. The number of aliphatic hydroxyl groups excluding tert-OH is 1. The van der Waals surface area contributed by atoms with Gasteiger partial charge in [0.2, 0.25) is 0 Å². The molecule has 0 radical (unpaired) electrons. The number of anilines is 1. The Morgan fingerprint density at radius 3 is 2.80 bits per heavy atom. The molecule has 1 aromatic carbocycles. The summed E-state index contributed by atoms with van der Waals surface area (Å²) in [6.45, 7) is 4.43. The molecule has 0 amide bonds. The van der Waals surface area contributed by atoms with Crippen LogP contribution in [0.25, 0.3) is 0 Å². The number of rotatable bonds is 4. The minimum Gasteiger partial charge on any atom is -0.389 e. The van der Waals surface area contributed by atoms with Crippen molar-refractivity contribution in [1.29, 1.82) is 5.26 Å². The van der Waals surface area contributed by atoms with Crippen LogP contribution < -0.4 is 4.90 Å². The van der Waals surface area contributed by atoms with Gasteiger partial charge < -0.3 is 10.0 Å². The van der Waals surface area contributed by atoms with E-state index in [0.29, 0.717) is 12.1 Å². The molecule has 5 heteroatoms. The van der Waals surface area contributed by atoms with E-state index in [4.69, 9.17) is 5.26 Å². The fourth-order valence-electron chi connectivity index (χ4n) is 2.08. The average Bonchev–Trinajstić information content (AvgIpc) is 2.83. The van der Waals surface area contributed by atoms with Crippen molar-refractivity contribution in [3.05, 3.63) is 45.4 Å². The lowest BCUT2D eigenvalue weighted by atomic mass is 10.0. The molecule has 0 aliphatic rings. The first-order valence-electron chi connectivity index (χ1n) is 6.35. The molecule has 1 aromatic heterocycles. The van der Waals surface area contributed by atoms with Crippen molar-refractivity contribution in [2.45, 2.75) is 26.5 Å². The van der Waals surface area contributed by atoms with E-state index in [-0.39, 0.29) is 0 Å². The van der Waals surface area contributed by atoms with Crippen molar-refractivity contribution in [2.75, 3.05) is 11.9 Å². The first-order valence-corrected chi connectivity index (χ1v) is 7.23. The molecule has 0 saturated heterocycles. The van der Waals surface area contributed by atoms with Gasteiger partial charge in [0.05, 0.1) is 35.5 Å². The standard InChI is InChI=1S/C15H17N3OS/c1-10-15(20-9-17-10)8-18(3)14-6-12(7-16)4-5-13(14)11(2)19/h4-6,9,11,19H,8H2,1-3H3/t11-/m1/s1. The number of nitriles is 1. The summed E-state index contributed by atoms with van der Waals surface area (Å²) in [6, 6.07) is 7.51. The van der Waals surface area contributed by atoms with Gasteiger partial charge in [0.15, 0.2) is 0 Å². The Morgan fingerprint density at radius 2 is 2.25 bits per heavy atom. The number of thiazole rings is 1. The van der Waals surface area contributed by atoms with E-state index in [2.05, 4.69) is 11.1 Å². The number of benzene rings is 1. The van der Waals surface area contributed by atoms with Crippen LogP contribution >= 0.6 is 11.3 Å². The summed E-state index contributed by atoms with van der Waals surface area (Å²) in [5.41, 5.74) is 5.16. The molecule has 0 bridgehead atoms. The number of hydrogen-bond acceptors (Lipinski definition) is 5. The molecule has 0 fully saturated rings. The lowest BCUT2D eigenvalue weighted by Crippen LogP contribution is -2.18. The number of hydrogen-bond donors (Lipinski definition) is 1. The van der Waals surface area contributed by atoms with Gasteiger partial charge >= 0.3 is 0 Å². The van der Waals surface area contributed by atoms with Crippen LogP contribution in [0.1, 0.15) is 34.7 Å². The van der Waals surface area contributed by atoms with Crippen LogP contribution in [0, 0.1) is 18.3 Å². The van der Waals surface area contributed by atoms with Gasteiger partial charge in [-0.15, -0.1) is 11.3 Å². The van der Waals surface area contributed by atoms with Crippen LogP contribution in [0.15, 0.2) is 23.7 Å². The number of aromatic nitrogens is 1. The third-order valence-electron chi connectivity index (χ3n) is 3.25. The minimum absolute atomic E-state index is 0.567. The summed E-state index contributed by atoms with van der Waals surface area (Å²) >= 11 is 1.62. The third kappa shape index (κ3) is 2.98. The van der Waals surface area contributed by atoms with Gasteiger partial charge in [-0.3, -0.25) is 0 Å². The number of aliphatic hydroxyl groups is 1. The van der Waals surface area contributed by atoms with E-state index >= 15 is 0 Å². The zero-order valence-corrected chi connectivity index (χ0v) is 12.6. The summed E-state index contributed by atoms with van der Waals surface area (Å²) in [4.78, 5) is 7.48. The van der Waals surface area contributed by atoms with E-state index in [1.807, 2.05) is 36.5 Å². The Kier molecular flexibility index (Phi) is 4.38. The second kappa shape index (κ2) is 6.04. The van der Waals surface area contributed by atoms with Crippen LogP contribution in [0.3, 0.4) is 0 Å². The van der Waals surface area contributed by atoms with Gasteiger partial charge in [-0.25, -0.2) is 4.98 Å². The summed E-state index contributed by atoms with van der Waals surface area (Å²) in [6.07, 6.45) is -0.567. The predicted molar refractivity (Wildman–Crippen MR) is 80.7 cm³/mol. The molecule has 0 unspecified atom stereocenters. The summed E-state index contributed by atoms with van der Waals surface area (Å²) in [5, 5.41) is 18.9. The Hall–Kier alpha value is -1.90. The van der Waals surface area contributed by atoms with E-state index < -0.39 is 6.10 Å². The van der Waals surface area contributed by atoms with Crippen LogP contribution in [0.2, 0.25) is 0 Å². The molecule has 2 aromatic rings. The summed E-state index contributed by atoms with van der Waals surface area (Å²) in [7, 11) is 1.96.